The number of esters is 1. The Balaban J connectivity index is 4.51. The second-order valence-corrected chi connectivity index (χ2v) is 4.62. The van der Waals surface area contributed by atoms with E-state index in [1.807, 2.05) is 0 Å². The maximum atomic E-state index is 13.6. The average molecular weight is 259 g/mol. The number of alkyl halides is 1. The minimum Gasteiger partial charge on any atom is -0.464 e. The van der Waals surface area contributed by atoms with Gasteiger partial charge in [0.25, 0.3) is 0 Å². The third-order valence-corrected chi connectivity index (χ3v) is 2.17. The number of ether oxygens (including phenoxy) is 1. The van der Waals surface area contributed by atoms with Gasteiger partial charge in [0.2, 0.25) is 5.91 Å². The summed E-state index contributed by atoms with van der Waals surface area (Å²) in [7, 11) is 0. The van der Waals surface area contributed by atoms with Gasteiger partial charge < -0.3 is 10.1 Å². The molecular weight excluding hydrogens is 237 g/mol. The van der Waals surface area contributed by atoms with Gasteiger partial charge in [0, 0.05) is 12.8 Å². The summed E-state index contributed by atoms with van der Waals surface area (Å²) in [6, 6.07) is -0.942. The Hall–Kier alpha value is -1.39. The second-order valence-electron chi connectivity index (χ2n) is 4.62. The van der Waals surface area contributed by atoms with E-state index in [2.05, 4.69) is 11.9 Å². The predicted molar refractivity (Wildman–Crippen MR) is 67.8 cm³/mol. The van der Waals surface area contributed by atoms with Crippen LogP contribution in [0.5, 0.6) is 0 Å². The van der Waals surface area contributed by atoms with E-state index in [0.717, 1.165) is 0 Å². The maximum absolute atomic E-state index is 13.6. The van der Waals surface area contributed by atoms with Gasteiger partial charge in [-0.15, -0.1) is 6.58 Å². The van der Waals surface area contributed by atoms with Crippen molar-refractivity contribution in [3.8, 4) is 0 Å². The number of amides is 1. The van der Waals surface area contributed by atoms with Crippen LogP contribution in [0.1, 0.15) is 40.0 Å². The number of hydrogen-bond acceptors (Lipinski definition) is 3. The van der Waals surface area contributed by atoms with Crippen LogP contribution in [-0.4, -0.2) is 30.2 Å². The second kappa shape index (κ2) is 7.84. The lowest BCUT2D eigenvalue weighted by atomic mass is 10.0. The molecule has 0 heterocycles. The number of nitrogens with one attached hydrogen (secondary N) is 1. The molecule has 18 heavy (non-hydrogen) atoms. The van der Waals surface area contributed by atoms with E-state index in [1.54, 1.807) is 13.0 Å². The van der Waals surface area contributed by atoms with E-state index < -0.39 is 17.7 Å². The standard InChI is InChI=1S/C13H22FNO3/c1-5-7-8-11(16)15-10(9-13(3,4)14)12(17)18-6-2/h5,10H,1,6-9H2,2-4H3,(H,15,16)/t10-/m1/s1. The van der Waals surface area contributed by atoms with Crippen LogP contribution in [0.3, 0.4) is 0 Å². The van der Waals surface area contributed by atoms with Gasteiger partial charge in [-0.1, -0.05) is 6.08 Å². The molecule has 0 aromatic heterocycles. The first-order valence-electron chi connectivity index (χ1n) is 6.06. The van der Waals surface area contributed by atoms with Gasteiger partial charge in [0.1, 0.15) is 11.7 Å². The van der Waals surface area contributed by atoms with Crippen LogP contribution in [0.25, 0.3) is 0 Å². The summed E-state index contributed by atoms with van der Waals surface area (Å²) in [4.78, 5) is 23.1. The van der Waals surface area contributed by atoms with Gasteiger partial charge in [0.15, 0.2) is 0 Å². The molecule has 1 N–H and O–H groups in total. The molecular formula is C13H22FNO3. The molecule has 1 amide bonds. The number of carbonyl (C=O) groups is 2. The summed E-state index contributed by atoms with van der Waals surface area (Å²) in [5, 5.41) is 2.49. The summed E-state index contributed by atoms with van der Waals surface area (Å²) in [5.74, 6) is -0.910. The van der Waals surface area contributed by atoms with Crippen LogP contribution in [0.4, 0.5) is 4.39 Å². The molecule has 0 saturated carbocycles. The Morgan fingerprint density at radius 1 is 1.50 bits per heavy atom. The third kappa shape index (κ3) is 7.81. The summed E-state index contributed by atoms with van der Waals surface area (Å²) in [6.07, 6.45) is 2.25. The van der Waals surface area contributed by atoms with Crippen LogP contribution in [-0.2, 0) is 14.3 Å². The third-order valence-electron chi connectivity index (χ3n) is 2.17. The number of allylic oxidation sites excluding steroid dienone is 1. The van der Waals surface area contributed by atoms with Gasteiger partial charge in [0.05, 0.1) is 6.61 Å². The molecule has 0 spiro atoms. The zero-order chi connectivity index (χ0) is 14.2. The summed E-state index contributed by atoms with van der Waals surface area (Å²) < 4.78 is 18.4. The molecule has 5 heteroatoms. The number of rotatable bonds is 8. The Morgan fingerprint density at radius 2 is 2.11 bits per heavy atom. The lowest BCUT2D eigenvalue weighted by molar-refractivity contribution is -0.148. The highest BCUT2D eigenvalue weighted by Crippen LogP contribution is 2.17. The number of carbonyl (C=O) groups excluding carboxylic acids is 2. The topological polar surface area (TPSA) is 55.4 Å². The Kier molecular flexibility index (Phi) is 7.24. The molecule has 0 aliphatic rings. The average Bonchev–Trinajstić information content (AvgIpc) is 2.24. The minimum absolute atomic E-state index is 0.105. The quantitative estimate of drug-likeness (QED) is 0.536. The van der Waals surface area contributed by atoms with Gasteiger partial charge in [-0.05, 0) is 27.2 Å². The normalized spacial score (nSPS) is 12.7. The summed E-state index contributed by atoms with van der Waals surface area (Å²) in [6.45, 7) is 8.08. The van der Waals surface area contributed by atoms with Crippen molar-refractivity contribution in [2.75, 3.05) is 6.61 Å². The van der Waals surface area contributed by atoms with Crippen LogP contribution >= 0.6 is 0 Å². The summed E-state index contributed by atoms with van der Waals surface area (Å²) in [5.41, 5.74) is -1.55. The summed E-state index contributed by atoms with van der Waals surface area (Å²) >= 11 is 0. The van der Waals surface area contributed by atoms with Crippen molar-refractivity contribution >= 4 is 11.9 Å². The zero-order valence-electron chi connectivity index (χ0n) is 11.3. The Morgan fingerprint density at radius 3 is 2.56 bits per heavy atom. The van der Waals surface area contributed by atoms with Crippen molar-refractivity contribution in [2.45, 2.75) is 51.7 Å². The largest absolute Gasteiger partial charge is 0.464 e. The van der Waals surface area contributed by atoms with Gasteiger partial charge >= 0.3 is 5.97 Å². The molecule has 0 saturated heterocycles. The highest BCUT2D eigenvalue weighted by Gasteiger charge is 2.29. The lowest BCUT2D eigenvalue weighted by Crippen LogP contribution is -2.45. The van der Waals surface area contributed by atoms with E-state index in [9.17, 15) is 14.0 Å². The van der Waals surface area contributed by atoms with Crippen LogP contribution < -0.4 is 5.32 Å². The molecule has 0 aliphatic heterocycles. The number of halogens is 1. The maximum Gasteiger partial charge on any atom is 0.328 e. The molecule has 0 radical (unpaired) electrons. The molecule has 1 atom stereocenters. The Labute approximate surface area is 108 Å². The minimum atomic E-state index is -1.55. The Bertz CT molecular complexity index is 297. The van der Waals surface area contributed by atoms with Crippen molar-refractivity contribution in [3.05, 3.63) is 12.7 Å². The van der Waals surface area contributed by atoms with Crippen LogP contribution in [0.2, 0.25) is 0 Å². The first-order valence-corrected chi connectivity index (χ1v) is 6.06. The highest BCUT2D eigenvalue weighted by molar-refractivity contribution is 5.84. The van der Waals surface area contributed by atoms with Crippen molar-refractivity contribution in [1.29, 1.82) is 0 Å². The molecule has 0 unspecified atom stereocenters. The first-order chi connectivity index (χ1) is 8.30. The molecule has 0 fully saturated rings. The fourth-order valence-electron chi connectivity index (χ4n) is 1.42. The molecule has 104 valence electrons. The molecule has 0 aromatic rings. The molecule has 0 aliphatic carbocycles. The molecule has 0 bridgehead atoms. The van der Waals surface area contributed by atoms with Gasteiger partial charge in [-0.3, -0.25) is 4.79 Å². The van der Waals surface area contributed by atoms with Gasteiger partial charge in [-0.25, -0.2) is 9.18 Å². The van der Waals surface area contributed by atoms with Crippen molar-refractivity contribution in [3.63, 3.8) is 0 Å². The van der Waals surface area contributed by atoms with E-state index in [-0.39, 0.29) is 25.4 Å². The SMILES string of the molecule is C=CCCC(=O)N[C@H](CC(C)(C)F)C(=O)OCC. The first kappa shape index (κ1) is 16.6. The fraction of sp³-hybridized carbons (Fsp3) is 0.692. The predicted octanol–water partition coefficient (Wildman–Crippen LogP) is 2.14. The number of hydrogen-bond donors (Lipinski definition) is 1. The van der Waals surface area contributed by atoms with Crippen LogP contribution in [0.15, 0.2) is 12.7 Å². The monoisotopic (exact) mass is 259 g/mol. The van der Waals surface area contributed by atoms with E-state index in [0.29, 0.717) is 6.42 Å². The smallest absolute Gasteiger partial charge is 0.328 e. The van der Waals surface area contributed by atoms with Gasteiger partial charge in [-0.2, -0.15) is 0 Å². The lowest BCUT2D eigenvalue weighted by Gasteiger charge is -2.22. The van der Waals surface area contributed by atoms with Crippen molar-refractivity contribution < 1.29 is 18.7 Å². The molecule has 0 aromatic carbocycles. The van der Waals surface area contributed by atoms with E-state index >= 15 is 0 Å². The zero-order valence-corrected chi connectivity index (χ0v) is 11.3. The van der Waals surface area contributed by atoms with Crippen LogP contribution in [0, 0.1) is 0 Å². The van der Waals surface area contributed by atoms with Crippen molar-refractivity contribution in [2.24, 2.45) is 0 Å². The molecule has 0 rings (SSSR count). The van der Waals surface area contributed by atoms with E-state index in [4.69, 9.17) is 4.74 Å². The highest BCUT2D eigenvalue weighted by atomic mass is 19.1. The van der Waals surface area contributed by atoms with E-state index in [1.165, 1.54) is 13.8 Å². The van der Waals surface area contributed by atoms with Crippen molar-refractivity contribution in [1.82, 2.24) is 5.32 Å². The molecule has 4 nitrogen and oxygen atoms in total. The fourth-order valence-corrected chi connectivity index (χ4v) is 1.42.